The van der Waals surface area contributed by atoms with E-state index in [0.29, 0.717) is 23.8 Å². The number of fused-ring (bicyclic) bond motifs is 1. The van der Waals surface area contributed by atoms with Crippen LogP contribution in [0.4, 0.5) is 0 Å². The molecule has 0 radical (unpaired) electrons. The van der Waals surface area contributed by atoms with Gasteiger partial charge in [-0.3, -0.25) is 4.18 Å². The number of rotatable bonds is 6. The van der Waals surface area contributed by atoms with Gasteiger partial charge in [0.05, 0.1) is 22.1 Å². The van der Waals surface area contributed by atoms with Crippen molar-refractivity contribution >= 4 is 31.5 Å². The molecule has 0 N–H and O–H groups in total. The van der Waals surface area contributed by atoms with E-state index in [1.54, 1.807) is 35.6 Å². The third-order valence-corrected chi connectivity index (χ3v) is 6.85. The van der Waals surface area contributed by atoms with Crippen molar-refractivity contribution < 1.29 is 17.0 Å². The highest BCUT2D eigenvalue weighted by Gasteiger charge is 2.17. The van der Waals surface area contributed by atoms with E-state index in [-0.39, 0.29) is 11.5 Å². The Morgan fingerprint density at radius 2 is 1.82 bits per heavy atom. The molecule has 0 saturated carbocycles. The molecule has 0 amide bonds. The van der Waals surface area contributed by atoms with Crippen LogP contribution in [0.2, 0.25) is 0 Å². The van der Waals surface area contributed by atoms with E-state index in [4.69, 9.17) is 8.60 Å². The maximum atomic E-state index is 12.3. The maximum Gasteiger partial charge on any atom is 0.296 e. The fourth-order valence-electron chi connectivity index (χ4n) is 2.87. The van der Waals surface area contributed by atoms with Gasteiger partial charge in [-0.15, -0.1) is 11.3 Å². The van der Waals surface area contributed by atoms with Gasteiger partial charge < -0.3 is 4.42 Å². The van der Waals surface area contributed by atoms with Crippen molar-refractivity contribution in [2.24, 2.45) is 0 Å². The predicted octanol–water partition coefficient (Wildman–Crippen LogP) is 5.12. The summed E-state index contributed by atoms with van der Waals surface area (Å²) in [5.41, 5.74) is 1.69. The number of oxazole rings is 1. The molecule has 2 aromatic carbocycles. The fraction of sp³-hybridized carbons (Fsp3) is 0.190. The lowest BCUT2D eigenvalue weighted by atomic mass is 10.2. The van der Waals surface area contributed by atoms with Crippen LogP contribution in [0, 0.1) is 13.8 Å². The van der Waals surface area contributed by atoms with Crippen LogP contribution in [-0.4, -0.2) is 20.0 Å². The SMILES string of the molecule is Cc1ccc(S(=O)(=O)OCCc2nc(-c3cc4ccccc4s3)oc2C)cc1. The number of benzene rings is 2. The quantitative estimate of drug-likeness (QED) is 0.410. The second kappa shape index (κ2) is 7.50. The zero-order chi connectivity index (χ0) is 19.7. The standard InChI is InChI=1S/C21H19NO4S2/c1-14-7-9-17(10-8-14)28(23,24)25-12-11-18-15(2)26-21(22-18)20-13-16-5-3-4-6-19(16)27-20/h3-10,13H,11-12H2,1-2H3. The van der Waals surface area contributed by atoms with E-state index in [1.165, 1.54) is 4.70 Å². The van der Waals surface area contributed by atoms with Crippen molar-refractivity contribution in [1.29, 1.82) is 0 Å². The highest BCUT2D eigenvalue weighted by molar-refractivity contribution is 7.86. The van der Waals surface area contributed by atoms with Gasteiger partial charge in [0.1, 0.15) is 5.76 Å². The lowest BCUT2D eigenvalue weighted by Crippen LogP contribution is -2.09. The number of thiophene rings is 1. The predicted molar refractivity (Wildman–Crippen MR) is 110 cm³/mol. The topological polar surface area (TPSA) is 69.4 Å². The van der Waals surface area contributed by atoms with Crippen molar-refractivity contribution in [2.45, 2.75) is 25.2 Å². The summed E-state index contributed by atoms with van der Waals surface area (Å²) in [4.78, 5) is 5.65. The van der Waals surface area contributed by atoms with Crippen molar-refractivity contribution in [3.63, 3.8) is 0 Å². The summed E-state index contributed by atoms with van der Waals surface area (Å²) in [6.07, 6.45) is 0.352. The minimum atomic E-state index is -3.78. The monoisotopic (exact) mass is 413 g/mol. The first-order valence-electron chi connectivity index (χ1n) is 8.84. The molecule has 7 heteroatoms. The summed E-state index contributed by atoms with van der Waals surface area (Å²) in [5, 5.41) is 1.15. The van der Waals surface area contributed by atoms with Crippen LogP contribution >= 0.6 is 11.3 Å². The average Bonchev–Trinajstić information content (AvgIpc) is 3.25. The van der Waals surface area contributed by atoms with Crippen LogP contribution in [0.5, 0.6) is 0 Å². The highest BCUT2D eigenvalue weighted by Crippen LogP contribution is 2.33. The molecule has 2 heterocycles. The smallest absolute Gasteiger partial charge is 0.296 e. The van der Waals surface area contributed by atoms with Gasteiger partial charge in [-0.05, 0) is 43.5 Å². The molecular weight excluding hydrogens is 394 g/mol. The van der Waals surface area contributed by atoms with Gasteiger partial charge in [0.2, 0.25) is 5.89 Å². The molecule has 0 aliphatic rings. The fourth-order valence-corrected chi connectivity index (χ4v) is 4.77. The molecule has 0 atom stereocenters. The first-order valence-corrected chi connectivity index (χ1v) is 11.1. The lowest BCUT2D eigenvalue weighted by molar-refractivity contribution is 0.320. The first-order chi connectivity index (χ1) is 13.4. The molecule has 0 fully saturated rings. The van der Waals surface area contributed by atoms with E-state index in [1.807, 2.05) is 32.0 Å². The van der Waals surface area contributed by atoms with Gasteiger partial charge in [0, 0.05) is 11.1 Å². The molecule has 4 rings (SSSR count). The minimum absolute atomic E-state index is 0.00936. The van der Waals surface area contributed by atoms with Gasteiger partial charge >= 0.3 is 0 Å². The Balaban J connectivity index is 1.46. The maximum absolute atomic E-state index is 12.3. The second-order valence-electron chi connectivity index (χ2n) is 6.51. The van der Waals surface area contributed by atoms with Crippen molar-refractivity contribution in [3.05, 3.63) is 71.6 Å². The Kier molecular flexibility index (Phi) is 5.05. The number of hydrogen-bond donors (Lipinski definition) is 0. The van der Waals surface area contributed by atoms with Gasteiger partial charge in [0.15, 0.2) is 0 Å². The van der Waals surface area contributed by atoms with Crippen LogP contribution in [0.3, 0.4) is 0 Å². The highest BCUT2D eigenvalue weighted by atomic mass is 32.2. The van der Waals surface area contributed by atoms with E-state index in [9.17, 15) is 8.42 Å². The summed E-state index contributed by atoms with van der Waals surface area (Å²) in [7, 11) is -3.78. The van der Waals surface area contributed by atoms with Crippen molar-refractivity contribution in [3.8, 4) is 10.8 Å². The Bertz CT molecular complexity index is 1190. The minimum Gasteiger partial charge on any atom is -0.440 e. The zero-order valence-electron chi connectivity index (χ0n) is 15.5. The van der Waals surface area contributed by atoms with E-state index < -0.39 is 10.1 Å². The molecule has 4 aromatic rings. The molecule has 0 unspecified atom stereocenters. The van der Waals surface area contributed by atoms with Crippen molar-refractivity contribution in [2.75, 3.05) is 6.61 Å². The van der Waals surface area contributed by atoms with Gasteiger partial charge in [-0.25, -0.2) is 4.98 Å². The lowest BCUT2D eigenvalue weighted by Gasteiger charge is -2.05. The van der Waals surface area contributed by atoms with Crippen LogP contribution in [0.1, 0.15) is 17.0 Å². The van der Waals surface area contributed by atoms with Crippen LogP contribution in [0.25, 0.3) is 20.9 Å². The molecule has 0 spiro atoms. The molecule has 0 bridgehead atoms. The van der Waals surface area contributed by atoms with Gasteiger partial charge in [0.25, 0.3) is 10.1 Å². The molecule has 0 aliphatic carbocycles. The molecule has 5 nitrogen and oxygen atoms in total. The Morgan fingerprint density at radius 3 is 2.57 bits per heavy atom. The zero-order valence-corrected chi connectivity index (χ0v) is 17.1. The Labute approximate surface area is 167 Å². The van der Waals surface area contributed by atoms with Gasteiger partial charge in [-0.1, -0.05) is 35.9 Å². The van der Waals surface area contributed by atoms with E-state index in [2.05, 4.69) is 17.1 Å². The average molecular weight is 414 g/mol. The number of nitrogens with zero attached hydrogens (tertiary/aromatic N) is 1. The van der Waals surface area contributed by atoms with Gasteiger partial charge in [-0.2, -0.15) is 8.42 Å². The van der Waals surface area contributed by atoms with Crippen LogP contribution in [0.15, 0.2) is 63.9 Å². The summed E-state index contributed by atoms with van der Waals surface area (Å²) in [6, 6.07) is 16.7. The molecular formula is C21H19NO4S2. The Morgan fingerprint density at radius 1 is 1.07 bits per heavy atom. The van der Waals surface area contributed by atoms with Crippen LogP contribution in [-0.2, 0) is 20.7 Å². The summed E-state index contributed by atoms with van der Waals surface area (Å²) in [5.74, 6) is 1.22. The molecule has 144 valence electrons. The molecule has 0 aliphatic heterocycles. The summed E-state index contributed by atoms with van der Waals surface area (Å²) >= 11 is 1.62. The molecule has 0 saturated heterocycles. The molecule has 2 aromatic heterocycles. The van der Waals surface area contributed by atoms with Crippen molar-refractivity contribution in [1.82, 2.24) is 4.98 Å². The summed E-state index contributed by atoms with van der Waals surface area (Å²) in [6.45, 7) is 3.74. The number of aromatic nitrogens is 1. The second-order valence-corrected chi connectivity index (χ2v) is 9.21. The first kappa shape index (κ1) is 18.9. The third-order valence-electron chi connectivity index (χ3n) is 4.42. The summed E-state index contributed by atoms with van der Waals surface area (Å²) < 4.78 is 36.7. The largest absolute Gasteiger partial charge is 0.440 e. The normalized spacial score (nSPS) is 11.9. The third kappa shape index (κ3) is 3.87. The van der Waals surface area contributed by atoms with E-state index >= 15 is 0 Å². The number of aryl methyl sites for hydroxylation is 2. The van der Waals surface area contributed by atoms with Crippen LogP contribution < -0.4 is 0 Å². The molecule has 28 heavy (non-hydrogen) atoms. The number of hydrogen-bond acceptors (Lipinski definition) is 6. The Hall–Kier alpha value is -2.48. The van der Waals surface area contributed by atoms with E-state index in [0.717, 1.165) is 15.8 Å².